The lowest BCUT2D eigenvalue weighted by molar-refractivity contribution is -0.143. The molecule has 4 atom stereocenters. The first-order chi connectivity index (χ1) is 13.0. The molecule has 0 aliphatic carbocycles. The number of carboxylic acid groups (broad SMARTS) is 1. The molecule has 4 unspecified atom stereocenters. The SMILES string of the molecule is CC1CCN(CC(Cc2ccccc2)C(=O)O)C(c2cccc(O)c2)C1C.O. The summed E-state index contributed by atoms with van der Waals surface area (Å²) in [5, 5.41) is 19.8. The van der Waals surface area contributed by atoms with Gasteiger partial charge in [-0.2, -0.15) is 0 Å². The summed E-state index contributed by atoms with van der Waals surface area (Å²) in [6.45, 7) is 5.89. The second kappa shape index (κ2) is 9.71. The summed E-state index contributed by atoms with van der Waals surface area (Å²) in [6, 6.07) is 17.4. The molecule has 2 aromatic rings. The average molecular weight is 386 g/mol. The minimum atomic E-state index is -0.750. The highest BCUT2D eigenvalue weighted by Gasteiger charge is 2.36. The van der Waals surface area contributed by atoms with Gasteiger partial charge in [-0.3, -0.25) is 9.69 Å². The van der Waals surface area contributed by atoms with E-state index in [-0.39, 0.29) is 17.3 Å². The lowest BCUT2D eigenvalue weighted by Gasteiger charge is -2.44. The van der Waals surface area contributed by atoms with Crippen LogP contribution < -0.4 is 0 Å². The highest BCUT2D eigenvalue weighted by Crippen LogP contribution is 2.40. The minimum Gasteiger partial charge on any atom is -0.508 e. The molecule has 1 saturated heterocycles. The number of phenolic OH excluding ortho intramolecular Hbond substituents is 1. The predicted molar refractivity (Wildman–Crippen MR) is 110 cm³/mol. The standard InChI is InChI=1S/C23H29NO3.H2O/c1-16-11-12-24(22(17(16)2)19-9-6-10-21(25)14-19)15-20(23(26)27)13-18-7-4-3-5-8-18;/h3-10,14,16-17,20,22,25H,11-13,15H2,1-2H3,(H,26,27);1H2. The fourth-order valence-electron chi connectivity index (χ4n) is 4.25. The van der Waals surface area contributed by atoms with Crippen LogP contribution in [-0.2, 0) is 11.2 Å². The molecular formula is C23H31NO4. The van der Waals surface area contributed by atoms with Crippen molar-refractivity contribution in [1.82, 2.24) is 4.90 Å². The van der Waals surface area contributed by atoms with Crippen molar-refractivity contribution in [2.45, 2.75) is 32.7 Å². The van der Waals surface area contributed by atoms with Crippen molar-refractivity contribution in [3.05, 3.63) is 65.7 Å². The Labute approximate surface area is 166 Å². The number of rotatable bonds is 6. The van der Waals surface area contributed by atoms with Crippen LogP contribution in [0, 0.1) is 17.8 Å². The van der Waals surface area contributed by atoms with E-state index < -0.39 is 11.9 Å². The van der Waals surface area contributed by atoms with Crippen molar-refractivity contribution in [1.29, 1.82) is 0 Å². The molecule has 3 rings (SSSR count). The van der Waals surface area contributed by atoms with Crippen LogP contribution in [0.5, 0.6) is 5.75 Å². The molecule has 1 aliphatic rings. The first-order valence-electron chi connectivity index (χ1n) is 9.75. The van der Waals surface area contributed by atoms with Crippen LogP contribution in [0.3, 0.4) is 0 Å². The van der Waals surface area contributed by atoms with E-state index in [0.29, 0.717) is 24.8 Å². The van der Waals surface area contributed by atoms with Crippen LogP contribution in [-0.4, -0.2) is 39.6 Å². The number of phenols is 1. The summed E-state index contributed by atoms with van der Waals surface area (Å²) in [7, 11) is 0. The smallest absolute Gasteiger partial charge is 0.308 e. The molecule has 152 valence electrons. The highest BCUT2D eigenvalue weighted by molar-refractivity contribution is 5.70. The van der Waals surface area contributed by atoms with Crippen LogP contribution in [0.1, 0.15) is 37.4 Å². The van der Waals surface area contributed by atoms with Gasteiger partial charge in [0.05, 0.1) is 5.92 Å². The fourth-order valence-corrected chi connectivity index (χ4v) is 4.25. The molecule has 28 heavy (non-hydrogen) atoms. The van der Waals surface area contributed by atoms with Crippen molar-refractivity contribution < 1.29 is 20.5 Å². The highest BCUT2D eigenvalue weighted by atomic mass is 16.4. The van der Waals surface area contributed by atoms with Crippen molar-refractivity contribution in [3.8, 4) is 5.75 Å². The zero-order chi connectivity index (χ0) is 19.4. The number of piperidine rings is 1. The second-order valence-electron chi connectivity index (χ2n) is 7.88. The Balaban J connectivity index is 0.00000280. The molecule has 0 spiro atoms. The number of benzene rings is 2. The summed E-state index contributed by atoms with van der Waals surface area (Å²) in [5.74, 6) is 0.0160. The largest absolute Gasteiger partial charge is 0.508 e. The molecule has 1 aliphatic heterocycles. The van der Waals surface area contributed by atoms with E-state index in [1.165, 1.54) is 0 Å². The molecule has 0 radical (unpaired) electrons. The van der Waals surface area contributed by atoms with Gasteiger partial charge in [-0.1, -0.05) is 56.3 Å². The van der Waals surface area contributed by atoms with Crippen molar-refractivity contribution >= 4 is 5.97 Å². The second-order valence-corrected chi connectivity index (χ2v) is 7.88. The number of aromatic hydroxyl groups is 1. The molecule has 4 N–H and O–H groups in total. The topological polar surface area (TPSA) is 92.3 Å². The lowest BCUT2D eigenvalue weighted by Crippen LogP contribution is -2.45. The Bertz CT molecular complexity index is 764. The van der Waals surface area contributed by atoms with Gasteiger partial charge in [0, 0.05) is 12.6 Å². The summed E-state index contributed by atoms with van der Waals surface area (Å²) < 4.78 is 0. The zero-order valence-corrected chi connectivity index (χ0v) is 16.6. The average Bonchev–Trinajstić information content (AvgIpc) is 2.65. The Morgan fingerprint density at radius 1 is 1.14 bits per heavy atom. The third kappa shape index (κ3) is 5.12. The first kappa shape index (κ1) is 21.9. The van der Waals surface area contributed by atoms with Gasteiger partial charge in [-0.05, 0) is 54.5 Å². The van der Waals surface area contributed by atoms with Crippen molar-refractivity contribution in [3.63, 3.8) is 0 Å². The molecule has 0 aromatic heterocycles. The number of nitrogens with zero attached hydrogens (tertiary/aromatic N) is 1. The number of aliphatic carboxylic acids is 1. The number of hydrogen-bond donors (Lipinski definition) is 2. The third-order valence-electron chi connectivity index (χ3n) is 6.00. The van der Waals surface area contributed by atoms with Gasteiger partial charge in [0.25, 0.3) is 0 Å². The van der Waals surface area contributed by atoms with Crippen LogP contribution in [0.25, 0.3) is 0 Å². The molecule has 1 fully saturated rings. The third-order valence-corrected chi connectivity index (χ3v) is 6.00. The Hall–Kier alpha value is -2.37. The summed E-state index contributed by atoms with van der Waals surface area (Å²) in [5.41, 5.74) is 2.12. The molecule has 2 aromatic carbocycles. The van der Waals surface area contributed by atoms with E-state index >= 15 is 0 Å². The van der Waals surface area contributed by atoms with Gasteiger partial charge in [0.15, 0.2) is 0 Å². The van der Waals surface area contributed by atoms with Gasteiger partial charge in [0.2, 0.25) is 0 Å². The van der Waals surface area contributed by atoms with Crippen LogP contribution in [0.4, 0.5) is 0 Å². The summed E-state index contributed by atoms with van der Waals surface area (Å²) in [6.07, 6.45) is 1.59. The normalized spacial score (nSPS) is 23.6. The maximum Gasteiger partial charge on any atom is 0.308 e. The fraction of sp³-hybridized carbons (Fsp3) is 0.435. The van der Waals surface area contributed by atoms with E-state index in [0.717, 1.165) is 24.1 Å². The Morgan fingerprint density at radius 2 is 1.86 bits per heavy atom. The number of hydrogen-bond acceptors (Lipinski definition) is 3. The molecule has 0 bridgehead atoms. The predicted octanol–water partition coefficient (Wildman–Crippen LogP) is 3.53. The lowest BCUT2D eigenvalue weighted by atomic mass is 9.78. The van der Waals surface area contributed by atoms with E-state index in [2.05, 4.69) is 18.7 Å². The molecular weight excluding hydrogens is 354 g/mol. The summed E-state index contributed by atoms with van der Waals surface area (Å²) in [4.78, 5) is 14.3. The van der Waals surface area contributed by atoms with E-state index in [1.807, 2.05) is 48.5 Å². The van der Waals surface area contributed by atoms with Gasteiger partial charge >= 0.3 is 5.97 Å². The van der Waals surface area contributed by atoms with E-state index in [9.17, 15) is 15.0 Å². The van der Waals surface area contributed by atoms with Crippen molar-refractivity contribution in [2.75, 3.05) is 13.1 Å². The monoisotopic (exact) mass is 385 g/mol. The molecule has 5 heteroatoms. The van der Waals surface area contributed by atoms with Gasteiger partial charge in [0.1, 0.15) is 5.75 Å². The molecule has 0 amide bonds. The number of carbonyl (C=O) groups is 1. The molecule has 5 nitrogen and oxygen atoms in total. The summed E-state index contributed by atoms with van der Waals surface area (Å²) >= 11 is 0. The zero-order valence-electron chi connectivity index (χ0n) is 16.6. The van der Waals surface area contributed by atoms with Gasteiger partial charge in [-0.25, -0.2) is 0 Å². The maximum atomic E-state index is 12.0. The van der Waals surface area contributed by atoms with Gasteiger partial charge in [-0.15, -0.1) is 0 Å². The minimum absolute atomic E-state index is 0. The van der Waals surface area contributed by atoms with Crippen molar-refractivity contribution in [2.24, 2.45) is 17.8 Å². The van der Waals surface area contributed by atoms with Gasteiger partial charge < -0.3 is 15.7 Å². The van der Waals surface area contributed by atoms with E-state index in [4.69, 9.17) is 0 Å². The Kier molecular flexibility index (Phi) is 7.61. The molecule has 0 saturated carbocycles. The quantitative estimate of drug-likeness (QED) is 0.796. The number of carboxylic acids is 1. The first-order valence-corrected chi connectivity index (χ1v) is 9.75. The van der Waals surface area contributed by atoms with Crippen LogP contribution in [0.15, 0.2) is 54.6 Å². The van der Waals surface area contributed by atoms with Crippen LogP contribution in [0.2, 0.25) is 0 Å². The van der Waals surface area contributed by atoms with E-state index in [1.54, 1.807) is 6.07 Å². The number of likely N-dealkylation sites (tertiary alicyclic amines) is 1. The maximum absolute atomic E-state index is 12.0. The van der Waals surface area contributed by atoms with Crippen LogP contribution >= 0.6 is 0 Å². The Morgan fingerprint density at radius 3 is 2.50 bits per heavy atom. The molecule has 1 heterocycles.